The van der Waals surface area contributed by atoms with Gasteiger partial charge in [-0.1, -0.05) is 47.5 Å². The quantitative estimate of drug-likeness (QED) is 0.313. The molecule has 4 rings (SSSR count). The second-order valence-electron chi connectivity index (χ2n) is 8.72. The van der Waals surface area contributed by atoms with Crippen molar-refractivity contribution in [1.29, 1.82) is 0 Å². The topological polar surface area (TPSA) is 79.4 Å². The van der Waals surface area contributed by atoms with Crippen molar-refractivity contribution in [3.05, 3.63) is 61.9 Å². The monoisotopic (exact) mass is 461 g/mol. The molecule has 0 saturated carbocycles. The fourth-order valence-corrected chi connectivity index (χ4v) is 4.02. The van der Waals surface area contributed by atoms with Crippen LogP contribution in [0.1, 0.15) is 39.1 Å². The van der Waals surface area contributed by atoms with Gasteiger partial charge in [0.1, 0.15) is 10.8 Å². The van der Waals surface area contributed by atoms with E-state index in [1.54, 1.807) is 13.0 Å². The first-order valence-electron chi connectivity index (χ1n) is 9.85. The molecule has 0 atom stereocenters. The average molecular weight is 462 g/mol. The first-order valence-corrected chi connectivity index (χ1v) is 10.6. The first-order chi connectivity index (χ1) is 14.4. The van der Waals surface area contributed by atoms with Gasteiger partial charge in [-0.25, -0.2) is 4.98 Å². The molecule has 0 amide bonds. The minimum absolute atomic E-state index is 0.101. The second-order valence-corrected chi connectivity index (χ2v) is 9.51. The highest BCUT2D eigenvalue weighted by Crippen LogP contribution is 2.39. The van der Waals surface area contributed by atoms with Gasteiger partial charge in [0.15, 0.2) is 5.52 Å². The number of benzene rings is 2. The predicted molar refractivity (Wildman–Crippen MR) is 122 cm³/mol. The SMILES string of the molecule is Cc1nc2c([N+](=O)[O-])c(Cl)c(Cl)cc2n1Cc1ccc(B2OC(C)(C)C(C)(C)O2)cc1. The van der Waals surface area contributed by atoms with E-state index in [1.807, 2.05) is 56.5 Å². The molecule has 2 heterocycles. The van der Waals surface area contributed by atoms with E-state index in [1.165, 1.54) is 0 Å². The van der Waals surface area contributed by atoms with Crippen LogP contribution in [0.25, 0.3) is 11.0 Å². The Morgan fingerprint density at radius 3 is 2.26 bits per heavy atom. The number of halogens is 2. The molecule has 0 unspecified atom stereocenters. The van der Waals surface area contributed by atoms with Gasteiger partial charge in [0.05, 0.1) is 26.7 Å². The van der Waals surface area contributed by atoms with Crippen molar-refractivity contribution in [3.8, 4) is 0 Å². The lowest BCUT2D eigenvalue weighted by atomic mass is 9.79. The Labute approximate surface area is 190 Å². The Balaban J connectivity index is 1.65. The molecule has 0 aliphatic carbocycles. The molecular formula is C21H22BCl2N3O4. The Kier molecular flexibility index (Phi) is 5.33. The number of fused-ring (bicyclic) bond motifs is 1. The first kappa shape index (κ1) is 22.1. The van der Waals surface area contributed by atoms with E-state index in [9.17, 15) is 10.1 Å². The zero-order chi connectivity index (χ0) is 22.7. The van der Waals surface area contributed by atoms with Gasteiger partial charge in [-0.15, -0.1) is 0 Å². The summed E-state index contributed by atoms with van der Waals surface area (Å²) in [6.07, 6.45) is 0. The molecular weight excluding hydrogens is 440 g/mol. The van der Waals surface area contributed by atoms with Gasteiger partial charge in [-0.05, 0) is 51.7 Å². The van der Waals surface area contributed by atoms with Crippen LogP contribution in [0.15, 0.2) is 30.3 Å². The van der Waals surface area contributed by atoms with E-state index in [-0.39, 0.29) is 21.2 Å². The van der Waals surface area contributed by atoms with Crippen LogP contribution < -0.4 is 5.46 Å². The highest BCUT2D eigenvalue weighted by atomic mass is 35.5. The van der Waals surface area contributed by atoms with Crippen LogP contribution in [0.5, 0.6) is 0 Å². The summed E-state index contributed by atoms with van der Waals surface area (Å²) in [5.41, 5.74) is 1.63. The van der Waals surface area contributed by atoms with Crippen molar-refractivity contribution in [2.75, 3.05) is 0 Å². The molecule has 31 heavy (non-hydrogen) atoms. The van der Waals surface area contributed by atoms with Crippen LogP contribution in [0, 0.1) is 17.0 Å². The Morgan fingerprint density at radius 1 is 1.13 bits per heavy atom. The zero-order valence-corrected chi connectivity index (χ0v) is 19.4. The van der Waals surface area contributed by atoms with E-state index < -0.39 is 23.2 Å². The van der Waals surface area contributed by atoms with Crippen molar-refractivity contribution in [2.45, 2.75) is 52.4 Å². The lowest BCUT2D eigenvalue weighted by Gasteiger charge is -2.32. The summed E-state index contributed by atoms with van der Waals surface area (Å²) >= 11 is 12.2. The van der Waals surface area contributed by atoms with Crippen molar-refractivity contribution < 1.29 is 14.2 Å². The standard InChI is InChI=1S/C21H22BCl2N3O4/c1-12-25-18-16(10-15(23)17(24)19(18)27(28)29)26(12)11-13-6-8-14(9-7-13)22-30-20(2,3)21(4,5)31-22/h6-10H,11H2,1-5H3. The molecule has 2 aromatic carbocycles. The number of rotatable bonds is 4. The van der Waals surface area contributed by atoms with E-state index >= 15 is 0 Å². The van der Waals surface area contributed by atoms with Crippen molar-refractivity contribution in [2.24, 2.45) is 0 Å². The van der Waals surface area contributed by atoms with Gasteiger partial charge in [0, 0.05) is 6.54 Å². The summed E-state index contributed by atoms with van der Waals surface area (Å²) < 4.78 is 14.1. The van der Waals surface area contributed by atoms with Gasteiger partial charge in [-0.2, -0.15) is 0 Å². The molecule has 1 fully saturated rings. The van der Waals surface area contributed by atoms with Gasteiger partial charge < -0.3 is 13.9 Å². The molecule has 10 heteroatoms. The summed E-state index contributed by atoms with van der Waals surface area (Å²) in [4.78, 5) is 15.3. The van der Waals surface area contributed by atoms with Gasteiger partial charge in [-0.3, -0.25) is 10.1 Å². The number of nitro benzene ring substituents is 1. The van der Waals surface area contributed by atoms with Gasteiger partial charge in [0.25, 0.3) is 0 Å². The largest absolute Gasteiger partial charge is 0.494 e. The highest BCUT2D eigenvalue weighted by Gasteiger charge is 2.51. The number of aromatic nitrogens is 2. The maximum atomic E-state index is 11.5. The maximum Gasteiger partial charge on any atom is 0.494 e. The molecule has 3 aromatic rings. The lowest BCUT2D eigenvalue weighted by Crippen LogP contribution is -2.41. The van der Waals surface area contributed by atoms with E-state index in [0.29, 0.717) is 17.9 Å². The third-order valence-electron chi connectivity index (χ3n) is 6.13. The Bertz CT molecular complexity index is 1180. The smallest absolute Gasteiger partial charge is 0.399 e. The molecule has 0 spiro atoms. The van der Waals surface area contributed by atoms with E-state index in [2.05, 4.69) is 4.98 Å². The number of nitro groups is 1. The third kappa shape index (κ3) is 3.72. The van der Waals surface area contributed by atoms with Gasteiger partial charge >= 0.3 is 12.8 Å². The Hall–Kier alpha value is -2.13. The zero-order valence-electron chi connectivity index (χ0n) is 17.9. The summed E-state index contributed by atoms with van der Waals surface area (Å²) in [7, 11) is -0.432. The van der Waals surface area contributed by atoms with Crippen LogP contribution >= 0.6 is 23.2 Å². The summed E-state index contributed by atoms with van der Waals surface area (Å²) in [6.45, 7) is 10.3. The maximum absolute atomic E-state index is 11.5. The highest BCUT2D eigenvalue weighted by molar-refractivity contribution is 6.62. The molecule has 7 nitrogen and oxygen atoms in total. The van der Waals surface area contributed by atoms with Crippen LogP contribution in [0.4, 0.5) is 5.69 Å². The predicted octanol–water partition coefficient (Wildman–Crippen LogP) is 4.91. The van der Waals surface area contributed by atoms with Crippen LogP contribution in [0.3, 0.4) is 0 Å². The molecule has 162 valence electrons. The number of imidazole rings is 1. The van der Waals surface area contributed by atoms with E-state index in [4.69, 9.17) is 32.5 Å². The fourth-order valence-electron chi connectivity index (χ4n) is 3.61. The van der Waals surface area contributed by atoms with Crippen LogP contribution in [-0.2, 0) is 15.9 Å². The van der Waals surface area contributed by atoms with Gasteiger partial charge in [0.2, 0.25) is 0 Å². The molecule has 1 saturated heterocycles. The minimum Gasteiger partial charge on any atom is -0.399 e. The fraction of sp³-hybridized carbons (Fsp3) is 0.381. The minimum atomic E-state index is -0.549. The average Bonchev–Trinajstić information content (AvgIpc) is 3.08. The summed E-state index contributed by atoms with van der Waals surface area (Å²) in [5.74, 6) is 0.631. The molecule has 1 aliphatic rings. The molecule has 0 N–H and O–H groups in total. The summed E-state index contributed by atoms with van der Waals surface area (Å²) in [6, 6.07) is 9.52. The summed E-state index contributed by atoms with van der Waals surface area (Å²) in [5, 5.41) is 11.5. The van der Waals surface area contributed by atoms with Crippen molar-refractivity contribution >= 4 is 52.5 Å². The van der Waals surface area contributed by atoms with Crippen molar-refractivity contribution in [1.82, 2.24) is 9.55 Å². The lowest BCUT2D eigenvalue weighted by molar-refractivity contribution is -0.383. The second kappa shape index (κ2) is 7.48. The molecule has 1 aliphatic heterocycles. The number of nitrogens with zero attached hydrogens (tertiary/aromatic N) is 3. The molecule has 0 bridgehead atoms. The van der Waals surface area contributed by atoms with Crippen LogP contribution in [-0.4, -0.2) is 32.8 Å². The Morgan fingerprint density at radius 2 is 1.71 bits per heavy atom. The number of aryl methyl sites for hydroxylation is 1. The molecule has 0 radical (unpaired) electrons. The molecule has 1 aromatic heterocycles. The third-order valence-corrected chi connectivity index (χ3v) is 6.91. The number of hydrogen-bond acceptors (Lipinski definition) is 5. The van der Waals surface area contributed by atoms with E-state index in [0.717, 1.165) is 11.0 Å². The normalized spacial score (nSPS) is 17.5. The number of hydrogen-bond donors (Lipinski definition) is 0. The van der Waals surface area contributed by atoms with Crippen molar-refractivity contribution in [3.63, 3.8) is 0 Å². The van der Waals surface area contributed by atoms with Crippen LogP contribution in [0.2, 0.25) is 10.0 Å².